The van der Waals surface area contributed by atoms with Crippen molar-refractivity contribution >= 4 is 34.2 Å². The molecule has 1 N–H and O–H groups in total. The standard InChI is InChI=1S/C29H29N5O3/c35-26(20-32-14-16-33(17-15-32)29(36)25-11-6-18-37-25)31-27-22-9-4-5-10-24(22)30-28-23(27)12-13-34(28)19-21-7-2-1-3-8-21/h1-11,18H,12-17,19-20H2,(H,30,31,35). The lowest BCUT2D eigenvalue weighted by molar-refractivity contribution is -0.117. The Balaban J connectivity index is 1.16. The topological polar surface area (TPSA) is 81.9 Å². The number of pyridine rings is 1. The van der Waals surface area contributed by atoms with Crippen molar-refractivity contribution in [2.45, 2.75) is 13.0 Å². The molecule has 6 rings (SSSR count). The Kier molecular flexibility index (Phi) is 6.32. The van der Waals surface area contributed by atoms with Crippen LogP contribution in [0.2, 0.25) is 0 Å². The molecule has 2 aliphatic rings. The van der Waals surface area contributed by atoms with Crippen LogP contribution in [-0.4, -0.2) is 65.9 Å². The van der Waals surface area contributed by atoms with Crippen molar-refractivity contribution in [2.75, 3.05) is 49.5 Å². The zero-order chi connectivity index (χ0) is 25.2. The van der Waals surface area contributed by atoms with Gasteiger partial charge in [-0.25, -0.2) is 4.98 Å². The van der Waals surface area contributed by atoms with Crippen molar-refractivity contribution in [2.24, 2.45) is 0 Å². The third-order valence-corrected chi connectivity index (χ3v) is 7.14. The molecule has 0 spiro atoms. The summed E-state index contributed by atoms with van der Waals surface area (Å²) in [5.41, 5.74) is 4.08. The van der Waals surface area contributed by atoms with Crippen LogP contribution in [0.4, 0.5) is 11.5 Å². The average molecular weight is 496 g/mol. The number of nitrogens with zero attached hydrogens (tertiary/aromatic N) is 4. The van der Waals surface area contributed by atoms with Gasteiger partial charge in [0.05, 0.1) is 24.0 Å². The first-order chi connectivity index (χ1) is 18.2. The first-order valence-corrected chi connectivity index (χ1v) is 12.7. The number of piperazine rings is 1. The fraction of sp³-hybridized carbons (Fsp3) is 0.276. The summed E-state index contributed by atoms with van der Waals surface area (Å²) in [4.78, 5) is 36.9. The fourth-order valence-corrected chi connectivity index (χ4v) is 5.24. The molecule has 8 nitrogen and oxygen atoms in total. The Bertz CT molecular complexity index is 1410. The largest absolute Gasteiger partial charge is 0.459 e. The van der Waals surface area contributed by atoms with Crippen LogP contribution in [0.25, 0.3) is 10.9 Å². The number of carbonyl (C=O) groups is 2. The van der Waals surface area contributed by atoms with Crippen LogP contribution in [0.5, 0.6) is 0 Å². The number of hydrogen-bond donors (Lipinski definition) is 1. The lowest BCUT2D eigenvalue weighted by atomic mass is 10.1. The number of furan rings is 1. The summed E-state index contributed by atoms with van der Waals surface area (Å²) in [5.74, 6) is 1.15. The second kappa shape index (κ2) is 10.1. The van der Waals surface area contributed by atoms with E-state index in [1.807, 2.05) is 30.3 Å². The van der Waals surface area contributed by atoms with E-state index < -0.39 is 0 Å². The maximum atomic E-state index is 13.2. The molecule has 2 aromatic heterocycles. The minimum atomic E-state index is -0.104. The van der Waals surface area contributed by atoms with Crippen LogP contribution in [-0.2, 0) is 17.8 Å². The summed E-state index contributed by atoms with van der Waals surface area (Å²) < 4.78 is 5.24. The fourth-order valence-electron chi connectivity index (χ4n) is 5.24. The summed E-state index contributed by atoms with van der Waals surface area (Å²) in [5, 5.41) is 4.19. The van der Waals surface area contributed by atoms with Crippen LogP contribution in [0.3, 0.4) is 0 Å². The zero-order valence-electron chi connectivity index (χ0n) is 20.6. The molecular formula is C29H29N5O3. The van der Waals surface area contributed by atoms with Crippen molar-refractivity contribution in [3.8, 4) is 0 Å². The SMILES string of the molecule is O=C(CN1CCN(C(=O)c2ccco2)CC1)Nc1c2c(nc3ccccc13)N(Cc1ccccc1)CC2. The maximum absolute atomic E-state index is 13.2. The molecule has 2 amide bonds. The van der Waals surface area contributed by atoms with Gasteiger partial charge in [-0.2, -0.15) is 0 Å². The lowest BCUT2D eigenvalue weighted by Gasteiger charge is -2.33. The number of aromatic nitrogens is 1. The molecule has 188 valence electrons. The Morgan fingerprint density at radius 2 is 1.68 bits per heavy atom. The Morgan fingerprint density at radius 3 is 2.46 bits per heavy atom. The highest BCUT2D eigenvalue weighted by Gasteiger charge is 2.28. The van der Waals surface area contributed by atoms with E-state index in [9.17, 15) is 9.59 Å². The molecule has 0 saturated carbocycles. The molecule has 0 radical (unpaired) electrons. The summed E-state index contributed by atoms with van der Waals surface area (Å²) in [6, 6.07) is 21.8. The van der Waals surface area contributed by atoms with Crippen LogP contribution >= 0.6 is 0 Å². The lowest BCUT2D eigenvalue weighted by Crippen LogP contribution is -2.50. The van der Waals surface area contributed by atoms with E-state index in [0.29, 0.717) is 31.9 Å². The molecule has 2 aromatic carbocycles. The van der Waals surface area contributed by atoms with Gasteiger partial charge in [0, 0.05) is 50.2 Å². The molecule has 2 aliphatic heterocycles. The second-order valence-corrected chi connectivity index (χ2v) is 9.56. The van der Waals surface area contributed by atoms with Gasteiger partial charge in [-0.1, -0.05) is 48.5 Å². The number of nitrogens with one attached hydrogen (secondary N) is 1. The molecule has 0 unspecified atom stereocenters. The third-order valence-electron chi connectivity index (χ3n) is 7.14. The first kappa shape index (κ1) is 23.2. The van der Waals surface area contributed by atoms with Crippen molar-refractivity contribution < 1.29 is 14.0 Å². The number of benzene rings is 2. The predicted molar refractivity (Wildman–Crippen MR) is 143 cm³/mol. The first-order valence-electron chi connectivity index (χ1n) is 12.7. The van der Waals surface area contributed by atoms with E-state index in [1.54, 1.807) is 17.0 Å². The van der Waals surface area contributed by atoms with E-state index >= 15 is 0 Å². The number of carbonyl (C=O) groups excluding carboxylic acids is 2. The molecule has 0 aliphatic carbocycles. The van der Waals surface area contributed by atoms with E-state index in [0.717, 1.165) is 47.5 Å². The average Bonchev–Trinajstić information content (AvgIpc) is 3.60. The van der Waals surface area contributed by atoms with Gasteiger partial charge in [-0.05, 0) is 30.2 Å². The minimum Gasteiger partial charge on any atom is -0.459 e. The molecule has 1 saturated heterocycles. The summed E-state index contributed by atoms with van der Waals surface area (Å²) in [6.45, 7) is 4.33. The summed E-state index contributed by atoms with van der Waals surface area (Å²) in [6.07, 6.45) is 2.34. The van der Waals surface area contributed by atoms with Crippen molar-refractivity contribution in [3.05, 3.63) is 89.9 Å². The van der Waals surface area contributed by atoms with Gasteiger partial charge in [0.25, 0.3) is 5.91 Å². The van der Waals surface area contributed by atoms with Crippen molar-refractivity contribution in [1.29, 1.82) is 0 Å². The molecule has 0 atom stereocenters. The molecule has 8 heteroatoms. The van der Waals surface area contributed by atoms with Crippen LogP contribution in [0, 0.1) is 0 Å². The van der Waals surface area contributed by atoms with E-state index in [2.05, 4.69) is 39.4 Å². The highest BCUT2D eigenvalue weighted by molar-refractivity contribution is 6.04. The third kappa shape index (κ3) is 4.80. The van der Waals surface area contributed by atoms with Gasteiger partial charge >= 0.3 is 0 Å². The monoisotopic (exact) mass is 495 g/mol. The van der Waals surface area contributed by atoms with Crippen molar-refractivity contribution in [3.63, 3.8) is 0 Å². The number of fused-ring (bicyclic) bond motifs is 2. The predicted octanol–water partition coefficient (Wildman–Crippen LogP) is 3.79. The van der Waals surface area contributed by atoms with Crippen molar-refractivity contribution in [1.82, 2.24) is 14.8 Å². The number of anilines is 2. The highest BCUT2D eigenvalue weighted by Crippen LogP contribution is 2.38. The van der Waals surface area contributed by atoms with Crippen LogP contribution < -0.4 is 10.2 Å². The smallest absolute Gasteiger partial charge is 0.289 e. The van der Waals surface area contributed by atoms with Gasteiger partial charge < -0.3 is 19.5 Å². The van der Waals surface area contributed by atoms with Gasteiger partial charge in [0.2, 0.25) is 5.91 Å². The van der Waals surface area contributed by atoms with Crippen LogP contribution in [0.1, 0.15) is 21.7 Å². The summed E-state index contributed by atoms with van der Waals surface area (Å²) >= 11 is 0. The van der Waals surface area contributed by atoms with Gasteiger partial charge in [0.1, 0.15) is 5.82 Å². The van der Waals surface area contributed by atoms with E-state index in [-0.39, 0.29) is 18.4 Å². The molecule has 1 fully saturated rings. The van der Waals surface area contributed by atoms with Gasteiger partial charge in [-0.3, -0.25) is 14.5 Å². The molecule has 0 bridgehead atoms. The minimum absolute atomic E-state index is 0.0501. The number of hydrogen-bond acceptors (Lipinski definition) is 6. The Labute approximate surface area is 215 Å². The quantitative estimate of drug-likeness (QED) is 0.438. The molecule has 37 heavy (non-hydrogen) atoms. The normalized spacial score (nSPS) is 15.7. The van der Waals surface area contributed by atoms with Crippen LogP contribution in [0.15, 0.2) is 77.4 Å². The number of rotatable bonds is 6. The summed E-state index contributed by atoms with van der Waals surface area (Å²) in [7, 11) is 0. The molecule has 4 heterocycles. The molecular weight excluding hydrogens is 466 g/mol. The highest BCUT2D eigenvalue weighted by atomic mass is 16.3. The molecule has 4 aromatic rings. The number of amides is 2. The number of para-hydroxylation sites is 1. The van der Waals surface area contributed by atoms with E-state index in [4.69, 9.17) is 9.40 Å². The Hall–Kier alpha value is -4.17. The second-order valence-electron chi connectivity index (χ2n) is 9.56. The Morgan fingerprint density at radius 1 is 0.892 bits per heavy atom. The van der Waals surface area contributed by atoms with Gasteiger partial charge in [0.15, 0.2) is 5.76 Å². The van der Waals surface area contributed by atoms with Gasteiger partial charge in [-0.15, -0.1) is 0 Å². The maximum Gasteiger partial charge on any atom is 0.289 e. The van der Waals surface area contributed by atoms with E-state index in [1.165, 1.54) is 11.8 Å². The zero-order valence-corrected chi connectivity index (χ0v) is 20.6.